The Kier molecular flexibility index (Phi) is 4.11. The molecule has 0 unspecified atom stereocenters. The summed E-state index contributed by atoms with van der Waals surface area (Å²) < 4.78 is 7.87. The molecular weight excluding hydrogens is 292 g/mol. The number of carbonyl (C=O) groups excluding carboxylic acids is 1. The van der Waals surface area contributed by atoms with Crippen molar-refractivity contribution in [2.24, 2.45) is 24.8 Å². The first-order valence-electron chi connectivity index (χ1n) is 8.81. The molecule has 6 heteroatoms. The number of ether oxygens (including phenoxy) is 1. The van der Waals surface area contributed by atoms with Gasteiger partial charge in [0.1, 0.15) is 0 Å². The Balaban J connectivity index is 1.42. The van der Waals surface area contributed by atoms with Gasteiger partial charge in [0.2, 0.25) is 0 Å². The molecule has 3 fully saturated rings. The summed E-state index contributed by atoms with van der Waals surface area (Å²) in [5.74, 6) is 2.08. The third-order valence-electron chi connectivity index (χ3n) is 5.55. The van der Waals surface area contributed by atoms with Crippen molar-refractivity contribution in [1.29, 1.82) is 0 Å². The van der Waals surface area contributed by atoms with Crippen molar-refractivity contribution in [3.63, 3.8) is 0 Å². The fourth-order valence-corrected chi connectivity index (χ4v) is 3.95. The van der Waals surface area contributed by atoms with Crippen molar-refractivity contribution >= 4 is 5.91 Å². The zero-order chi connectivity index (χ0) is 15.8. The van der Waals surface area contributed by atoms with Gasteiger partial charge in [-0.05, 0) is 56.5 Å². The summed E-state index contributed by atoms with van der Waals surface area (Å²) in [6.07, 6.45) is 8.20. The van der Waals surface area contributed by atoms with Gasteiger partial charge in [-0.25, -0.2) is 0 Å². The van der Waals surface area contributed by atoms with Crippen LogP contribution in [0.1, 0.15) is 36.0 Å². The predicted molar refractivity (Wildman–Crippen MR) is 86.0 cm³/mol. The van der Waals surface area contributed by atoms with Gasteiger partial charge in [-0.1, -0.05) is 0 Å². The molecule has 2 aliphatic carbocycles. The zero-order valence-corrected chi connectivity index (χ0v) is 13.7. The molecule has 126 valence electrons. The molecule has 1 aromatic rings. The standard InChI is InChI=1S/C17H26N4O2/c1-21-9-14(8-19-21)17(22)20-15-4-12-6-18-7-13(12)5-16(15)23-10-11-2-3-11/h8-9,11-13,15-16,18H,2-7,10H2,1H3,(H,20,22)/t12-,13+,15-,16-/m0/s1. The minimum atomic E-state index is -0.0347. The number of rotatable bonds is 5. The first kappa shape index (κ1) is 15.1. The maximum Gasteiger partial charge on any atom is 0.254 e. The van der Waals surface area contributed by atoms with Gasteiger partial charge in [-0.2, -0.15) is 5.10 Å². The Bertz CT molecular complexity index is 569. The monoisotopic (exact) mass is 318 g/mol. The number of hydrogen-bond acceptors (Lipinski definition) is 4. The van der Waals surface area contributed by atoms with Crippen LogP contribution < -0.4 is 10.6 Å². The second-order valence-electron chi connectivity index (χ2n) is 7.45. The number of nitrogens with zero attached hydrogens (tertiary/aromatic N) is 2. The van der Waals surface area contributed by atoms with E-state index in [-0.39, 0.29) is 18.1 Å². The lowest BCUT2D eigenvalue weighted by atomic mass is 9.77. The summed E-state index contributed by atoms with van der Waals surface area (Å²) in [6, 6.07) is 0.114. The van der Waals surface area contributed by atoms with Gasteiger partial charge in [-0.3, -0.25) is 9.48 Å². The van der Waals surface area contributed by atoms with E-state index in [2.05, 4.69) is 15.7 Å². The molecule has 0 bridgehead atoms. The van der Waals surface area contributed by atoms with Crippen LogP contribution in [-0.2, 0) is 11.8 Å². The van der Waals surface area contributed by atoms with Gasteiger partial charge < -0.3 is 15.4 Å². The van der Waals surface area contributed by atoms with Crippen molar-refractivity contribution in [2.75, 3.05) is 19.7 Å². The first-order valence-corrected chi connectivity index (χ1v) is 8.81. The van der Waals surface area contributed by atoms with Crippen LogP contribution in [0.2, 0.25) is 0 Å². The minimum absolute atomic E-state index is 0.0347. The molecule has 2 N–H and O–H groups in total. The lowest BCUT2D eigenvalue weighted by Crippen LogP contribution is -2.50. The molecule has 2 saturated carbocycles. The number of aryl methyl sites for hydroxylation is 1. The van der Waals surface area contributed by atoms with E-state index in [0.717, 1.165) is 38.5 Å². The van der Waals surface area contributed by atoms with E-state index < -0.39 is 0 Å². The van der Waals surface area contributed by atoms with E-state index >= 15 is 0 Å². The number of amides is 1. The number of hydrogen-bond donors (Lipinski definition) is 2. The highest BCUT2D eigenvalue weighted by molar-refractivity contribution is 5.93. The molecule has 1 amide bonds. The zero-order valence-electron chi connectivity index (χ0n) is 13.7. The Hall–Kier alpha value is -1.40. The average Bonchev–Trinajstić information content (AvgIpc) is 3.08. The Morgan fingerprint density at radius 2 is 2.17 bits per heavy atom. The van der Waals surface area contributed by atoms with Crippen molar-refractivity contribution in [3.05, 3.63) is 18.0 Å². The second-order valence-corrected chi connectivity index (χ2v) is 7.45. The molecular formula is C17H26N4O2. The van der Waals surface area contributed by atoms with Crippen LogP contribution in [0.3, 0.4) is 0 Å². The van der Waals surface area contributed by atoms with Gasteiger partial charge in [0.25, 0.3) is 5.91 Å². The highest BCUT2D eigenvalue weighted by atomic mass is 16.5. The number of aromatic nitrogens is 2. The minimum Gasteiger partial charge on any atom is -0.376 e. The van der Waals surface area contributed by atoms with Gasteiger partial charge in [0.15, 0.2) is 0 Å². The van der Waals surface area contributed by atoms with Crippen LogP contribution in [-0.4, -0.2) is 47.5 Å². The van der Waals surface area contributed by atoms with Gasteiger partial charge >= 0.3 is 0 Å². The van der Waals surface area contributed by atoms with Crippen molar-refractivity contribution < 1.29 is 9.53 Å². The van der Waals surface area contributed by atoms with E-state index in [0.29, 0.717) is 17.4 Å². The number of carbonyl (C=O) groups is 1. The van der Waals surface area contributed by atoms with E-state index in [9.17, 15) is 4.79 Å². The summed E-state index contributed by atoms with van der Waals surface area (Å²) >= 11 is 0. The highest BCUT2D eigenvalue weighted by Gasteiger charge is 2.41. The Morgan fingerprint density at radius 3 is 2.87 bits per heavy atom. The number of fused-ring (bicyclic) bond motifs is 1. The van der Waals surface area contributed by atoms with E-state index in [1.54, 1.807) is 17.1 Å². The normalized spacial score (nSPS) is 33.4. The maximum atomic E-state index is 12.5. The van der Waals surface area contributed by atoms with E-state index in [1.165, 1.54) is 12.8 Å². The van der Waals surface area contributed by atoms with Crippen LogP contribution >= 0.6 is 0 Å². The van der Waals surface area contributed by atoms with Crippen LogP contribution in [0.25, 0.3) is 0 Å². The van der Waals surface area contributed by atoms with Crippen LogP contribution in [0.15, 0.2) is 12.4 Å². The van der Waals surface area contributed by atoms with Crippen molar-refractivity contribution in [3.8, 4) is 0 Å². The molecule has 0 radical (unpaired) electrons. The molecule has 6 nitrogen and oxygen atoms in total. The van der Waals surface area contributed by atoms with Crippen LogP contribution in [0.4, 0.5) is 0 Å². The Morgan fingerprint density at radius 1 is 1.39 bits per heavy atom. The molecule has 2 heterocycles. The molecule has 1 aromatic heterocycles. The molecule has 1 saturated heterocycles. The SMILES string of the molecule is Cn1cc(C(=O)N[C@H]2C[C@H]3CNC[C@H]3C[C@@H]2OCC2CC2)cn1. The average molecular weight is 318 g/mol. The van der Waals surface area contributed by atoms with Gasteiger partial charge in [0, 0.05) is 19.9 Å². The van der Waals surface area contributed by atoms with Gasteiger partial charge in [0.05, 0.1) is 23.9 Å². The third kappa shape index (κ3) is 3.43. The quantitative estimate of drug-likeness (QED) is 0.848. The highest BCUT2D eigenvalue weighted by Crippen LogP contribution is 2.36. The van der Waals surface area contributed by atoms with E-state index in [1.807, 2.05) is 7.05 Å². The fraction of sp³-hybridized carbons (Fsp3) is 0.765. The smallest absolute Gasteiger partial charge is 0.254 e. The topological polar surface area (TPSA) is 68.2 Å². The molecule has 0 spiro atoms. The van der Waals surface area contributed by atoms with Crippen LogP contribution in [0.5, 0.6) is 0 Å². The molecule has 4 rings (SSSR count). The third-order valence-corrected chi connectivity index (χ3v) is 5.55. The summed E-state index contributed by atoms with van der Waals surface area (Å²) in [6.45, 7) is 3.02. The van der Waals surface area contributed by atoms with E-state index in [4.69, 9.17) is 4.74 Å². The molecule has 23 heavy (non-hydrogen) atoms. The van der Waals surface area contributed by atoms with Gasteiger partial charge in [-0.15, -0.1) is 0 Å². The first-order chi connectivity index (χ1) is 11.2. The lowest BCUT2D eigenvalue weighted by molar-refractivity contribution is -0.0211. The largest absolute Gasteiger partial charge is 0.376 e. The molecule has 4 atom stereocenters. The summed E-state index contributed by atoms with van der Waals surface area (Å²) in [5.41, 5.74) is 0.625. The summed E-state index contributed by atoms with van der Waals surface area (Å²) in [4.78, 5) is 12.5. The molecule has 1 aliphatic heterocycles. The van der Waals surface area contributed by atoms with Crippen molar-refractivity contribution in [2.45, 2.75) is 37.8 Å². The predicted octanol–water partition coefficient (Wildman–Crippen LogP) is 0.943. The molecule has 0 aromatic carbocycles. The van der Waals surface area contributed by atoms with Crippen molar-refractivity contribution in [1.82, 2.24) is 20.4 Å². The fourth-order valence-electron chi connectivity index (χ4n) is 3.95. The van der Waals surface area contributed by atoms with Crippen LogP contribution in [0, 0.1) is 17.8 Å². The number of nitrogens with one attached hydrogen (secondary N) is 2. The maximum absolute atomic E-state index is 12.5. The lowest BCUT2D eigenvalue weighted by Gasteiger charge is -2.38. The molecule has 3 aliphatic rings. The summed E-state index contributed by atoms with van der Waals surface area (Å²) in [5, 5.41) is 10.8. The summed E-state index contributed by atoms with van der Waals surface area (Å²) in [7, 11) is 1.83. The Labute approximate surface area is 137 Å². The second kappa shape index (κ2) is 6.24.